The Morgan fingerprint density at radius 1 is 0.621 bits per heavy atom. The number of methoxy groups -OCH3 is 4. The van der Waals surface area contributed by atoms with Crippen LogP contribution in [0.15, 0.2) is 24.3 Å². The van der Waals surface area contributed by atoms with Crippen LogP contribution in [-0.4, -0.2) is 38.7 Å². The third-order valence-corrected chi connectivity index (χ3v) is 4.99. The summed E-state index contributed by atoms with van der Waals surface area (Å²) >= 11 is 0. The molecule has 29 heavy (non-hydrogen) atoms. The number of phenols is 2. The summed E-state index contributed by atoms with van der Waals surface area (Å²) in [6.07, 6.45) is 0.841. The number of hydrogen-bond donors (Lipinski definition) is 2. The summed E-state index contributed by atoms with van der Waals surface area (Å²) in [5, 5.41) is 21.1. The normalized spacial score (nSPS) is 11.4. The van der Waals surface area contributed by atoms with Crippen molar-refractivity contribution < 1.29 is 29.2 Å². The summed E-state index contributed by atoms with van der Waals surface area (Å²) in [7, 11) is 6.42. The van der Waals surface area contributed by atoms with Crippen LogP contribution in [0.25, 0.3) is 0 Å². The van der Waals surface area contributed by atoms with Gasteiger partial charge in [-0.25, -0.2) is 0 Å². The SMILES string of the molecule is CCC(c1cc(COC)c(O)c(COC)c1)c1cc(COC)c(O)c(COC)c1. The Morgan fingerprint density at radius 2 is 0.897 bits per heavy atom. The van der Waals surface area contributed by atoms with Gasteiger partial charge in [0.25, 0.3) is 0 Å². The van der Waals surface area contributed by atoms with Crippen molar-refractivity contribution in [2.24, 2.45) is 0 Å². The predicted octanol–water partition coefficient (Wildman–Crippen LogP) is 4.23. The second kappa shape index (κ2) is 11.2. The molecular formula is C23H32O6. The number of aromatic hydroxyl groups is 2. The standard InChI is InChI=1S/C23H32O6/c1-6-21(15-7-17(11-26-2)22(24)18(8-15)12-27-3)16-9-19(13-28-4)23(25)20(10-16)14-29-5/h7-10,21,24-25H,6,11-14H2,1-5H3. The van der Waals surface area contributed by atoms with Crippen molar-refractivity contribution in [2.75, 3.05) is 28.4 Å². The number of ether oxygens (including phenoxy) is 4. The zero-order valence-corrected chi connectivity index (χ0v) is 17.9. The molecule has 0 heterocycles. The molecule has 0 spiro atoms. The van der Waals surface area contributed by atoms with Crippen LogP contribution in [-0.2, 0) is 45.4 Å². The highest BCUT2D eigenvalue weighted by molar-refractivity contribution is 5.50. The van der Waals surface area contributed by atoms with Crippen molar-refractivity contribution in [3.05, 3.63) is 57.6 Å². The lowest BCUT2D eigenvalue weighted by Gasteiger charge is -2.22. The fourth-order valence-corrected chi connectivity index (χ4v) is 3.70. The Hall–Kier alpha value is -2.12. The molecule has 6 heteroatoms. The van der Waals surface area contributed by atoms with Gasteiger partial charge in [0.15, 0.2) is 0 Å². The van der Waals surface area contributed by atoms with E-state index < -0.39 is 0 Å². The monoisotopic (exact) mass is 404 g/mol. The van der Waals surface area contributed by atoms with Gasteiger partial charge in [0, 0.05) is 56.6 Å². The van der Waals surface area contributed by atoms with Gasteiger partial charge in [0.1, 0.15) is 11.5 Å². The molecule has 2 aromatic carbocycles. The third-order valence-electron chi connectivity index (χ3n) is 4.99. The van der Waals surface area contributed by atoms with Gasteiger partial charge in [0.05, 0.1) is 26.4 Å². The van der Waals surface area contributed by atoms with Gasteiger partial charge in [-0.3, -0.25) is 0 Å². The lowest BCUT2D eigenvalue weighted by Crippen LogP contribution is -2.06. The zero-order valence-electron chi connectivity index (χ0n) is 17.9. The summed E-state index contributed by atoms with van der Waals surface area (Å²) in [5.74, 6) is 0.477. The fraction of sp³-hybridized carbons (Fsp3) is 0.478. The molecule has 160 valence electrons. The molecule has 0 atom stereocenters. The van der Waals surface area contributed by atoms with E-state index in [1.807, 2.05) is 24.3 Å². The van der Waals surface area contributed by atoms with Crippen molar-refractivity contribution in [2.45, 2.75) is 45.7 Å². The van der Waals surface area contributed by atoms with Gasteiger partial charge < -0.3 is 29.2 Å². The zero-order chi connectivity index (χ0) is 21.4. The Kier molecular flexibility index (Phi) is 8.92. The minimum absolute atomic E-state index is 0.0635. The third kappa shape index (κ3) is 5.48. The molecule has 0 saturated heterocycles. The second-order valence-electron chi connectivity index (χ2n) is 7.07. The molecule has 0 aliphatic heterocycles. The largest absolute Gasteiger partial charge is 0.507 e. The maximum atomic E-state index is 10.5. The van der Waals surface area contributed by atoms with E-state index in [1.165, 1.54) is 0 Å². The second-order valence-corrected chi connectivity index (χ2v) is 7.07. The molecule has 0 aliphatic carbocycles. The molecule has 0 fully saturated rings. The molecule has 0 amide bonds. The number of benzene rings is 2. The Balaban J connectivity index is 2.60. The van der Waals surface area contributed by atoms with E-state index in [2.05, 4.69) is 6.92 Å². The van der Waals surface area contributed by atoms with Crippen LogP contribution in [0.5, 0.6) is 11.5 Å². The summed E-state index contributed by atoms with van der Waals surface area (Å²) in [6, 6.07) is 7.91. The van der Waals surface area contributed by atoms with E-state index in [0.29, 0.717) is 26.4 Å². The molecule has 0 saturated carbocycles. The van der Waals surface area contributed by atoms with Gasteiger partial charge >= 0.3 is 0 Å². The highest BCUT2D eigenvalue weighted by Gasteiger charge is 2.20. The lowest BCUT2D eigenvalue weighted by molar-refractivity contribution is 0.174. The Bertz CT molecular complexity index is 682. The molecule has 2 aromatic rings. The topological polar surface area (TPSA) is 77.4 Å². The van der Waals surface area contributed by atoms with Gasteiger partial charge in [-0.05, 0) is 41.8 Å². The molecule has 0 aromatic heterocycles. The van der Waals surface area contributed by atoms with Crippen molar-refractivity contribution in [1.82, 2.24) is 0 Å². The van der Waals surface area contributed by atoms with Crippen molar-refractivity contribution in [3.8, 4) is 11.5 Å². The summed E-state index contributed by atoms with van der Waals surface area (Å²) in [5.41, 5.74) is 5.02. The minimum atomic E-state index is 0.0635. The van der Waals surface area contributed by atoms with Gasteiger partial charge in [-0.15, -0.1) is 0 Å². The average Bonchev–Trinajstić information content (AvgIpc) is 2.70. The fourth-order valence-electron chi connectivity index (χ4n) is 3.70. The van der Waals surface area contributed by atoms with Crippen LogP contribution in [0.3, 0.4) is 0 Å². The van der Waals surface area contributed by atoms with Crippen LogP contribution in [0.2, 0.25) is 0 Å². The molecular weight excluding hydrogens is 372 g/mol. The molecule has 0 bridgehead atoms. The highest BCUT2D eigenvalue weighted by Crippen LogP contribution is 2.37. The maximum absolute atomic E-state index is 10.5. The molecule has 0 radical (unpaired) electrons. The quantitative estimate of drug-likeness (QED) is 0.584. The van der Waals surface area contributed by atoms with E-state index in [0.717, 1.165) is 39.8 Å². The Morgan fingerprint density at radius 3 is 1.10 bits per heavy atom. The molecule has 6 nitrogen and oxygen atoms in total. The number of rotatable bonds is 11. The van der Waals surface area contributed by atoms with E-state index in [9.17, 15) is 10.2 Å². The van der Waals surface area contributed by atoms with Crippen LogP contribution in [0, 0.1) is 0 Å². The summed E-state index contributed by atoms with van der Waals surface area (Å²) in [4.78, 5) is 0. The predicted molar refractivity (Wildman–Crippen MR) is 111 cm³/mol. The van der Waals surface area contributed by atoms with E-state index >= 15 is 0 Å². The summed E-state index contributed by atoms with van der Waals surface area (Å²) in [6.45, 7) is 3.36. The summed E-state index contributed by atoms with van der Waals surface area (Å²) < 4.78 is 21.1. The minimum Gasteiger partial charge on any atom is -0.507 e. The number of hydrogen-bond acceptors (Lipinski definition) is 6. The van der Waals surface area contributed by atoms with Crippen molar-refractivity contribution >= 4 is 0 Å². The molecule has 2 N–H and O–H groups in total. The Labute approximate surface area is 173 Å². The smallest absolute Gasteiger partial charge is 0.126 e. The highest BCUT2D eigenvalue weighted by atomic mass is 16.5. The molecule has 2 rings (SSSR count). The average molecular weight is 405 g/mol. The molecule has 0 aliphatic rings. The van der Waals surface area contributed by atoms with E-state index in [4.69, 9.17) is 18.9 Å². The lowest BCUT2D eigenvalue weighted by atomic mass is 9.85. The number of phenolic OH excluding ortho intramolecular Hbond substituents is 2. The molecule has 0 unspecified atom stereocenters. The first-order valence-electron chi connectivity index (χ1n) is 9.65. The van der Waals surface area contributed by atoms with E-state index in [1.54, 1.807) is 28.4 Å². The van der Waals surface area contributed by atoms with Crippen LogP contribution in [0.1, 0.15) is 52.6 Å². The van der Waals surface area contributed by atoms with Gasteiger partial charge in [-0.1, -0.05) is 6.92 Å². The first kappa shape index (κ1) is 23.2. The van der Waals surface area contributed by atoms with Crippen LogP contribution >= 0.6 is 0 Å². The first-order valence-corrected chi connectivity index (χ1v) is 9.65. The van der Waals surface area contributed by atoms with Crippen LogP contribution in [0.4, 0.5) is 0 Å². The van der Waals surface area contributed by atoms with Gasteiger partial charge in [0.2, 0.25) is 0 Å². The first-order chi connectivity index (χ1) is 14.0. The van der Waals surface area contributed by atoms with E-state index in [-0.39, 0.29) is 17.4 Å². The van der Waals surface area contributed by atoms with Crippen molar-refractivity contribution in [1.29, 1.82) is 0 Å². The maximum Gasteiger partial charge on any atom is 0.126 e. The van der Waals surface area contributed by atoms with Gasteiger partial charge in [-0.2, -0.15) is 0 Å². The van der Waals surface area contributed by atoms with Crippen molar-refractivity contribution in [3.63, 3.8) is 0 Å². The van der Waals surface area contributed by atoms with Crippen LogP contribution < -0.4 is 0 Å².